The van der Waals surface area contributed by atoms with Gasteiger partial charge in [-0.15, -0.1) is 11.8 Å². The van der Waals surface area contributed by atoms with Gasteiger partial charge in [0.1, 0.15) is 23.3 Å². The molecule has 2 aromatic carbocycles. The molecule has 0 saturated heterocycles. The zero-order chi connectivity index (χ0) is 18.1. The number of ether oxygens (including phenoxy) is 1. The molecule has 1 aliphatic rings. The van der Waals surface area contributed by atoms with E-state index in [-0.39, 0.29) is 29.3 Å². The summed E-state index contributed by atoms with van der Waals surface area (Å²) in [7, 11) is 0. The molecular weight excluding hydrogens is 361 g/mol. The van der Waals surface area contributed by atoms with E-state index < -0.39 is 11.6 Å². The Bertz CT molecular complexity index is 917. The molecule has 0 saturated carbocycles. The van der Waals surface area contributed by atoms with Gasteiger partial charge in [0.2, 0.25) is 0 Å². The molecule has 0 amide bonds. The highest BCUT2D eigenvalue weighted by molar-refractivity contribution is 8.00. The Balaban J connectivity index is 1.57. The van der Waals surface area contributed by atoms with Crippen LogP contribution in [-0.4, -0.2) is 15.2 Å². The van der Waals surface area contributed by atoms with Gasteiger partial charge in [-0.05, 0) is 23.8 Å². The molecule has 0 radical (unpaired) electrons. The molecule has 1 aliphatic heterocycles. The SMILES string of the molecule is Fc1ccc(CO[C@H]2c3ccc(F)cc3S[C@H]2Cc2ncc[nH]2)c(F)c1. The zero-order valence-electron chi connectivity index (χ0n) is 13.6. The van der Waals surface area contributed by atoms with Crippen molar-refractivity contribution in [3.8, 4) is 0 Å². The molecule has 3 aromatic rings. The number of fused-ring (bicyclic) bond motifs is 1. The molecule has 0 fully saturated rings. The van der Waals surface area contributed by atoms with Gasteiger partial charge in [-0.1, -0.05) is 12.1 Å². The highest BCUT2D eigenvalue weighted by atomic mass is 32.2. The third-order valence-corrected chi connectivity index (χ3v) is 5.61. The third-order valence-electron chi connectivity index (χ3n) is 4.28. The van der Waals surface area contributed by atoms with Crippen molar-refractivity contribution in [2.75, 3.05) is 0 Å². The van der Waals surface area contributed by atoms with Crippen LogP contribution in [0.2, 0.25) is 0 Å². The second-order valence-electron chi connectivity index (χ2n) is 6.05. The Hall–Kier alpha value is -2.25. The molecule has 0 spiro atoms. The van der Waals surface area contributed by atoms with E-state index in [1.54, 1.807) is 18.5 Å². The topological polar surface area (TPSA) is 37.9 Å². The average molecular weight is 376 g/mol. The minimum absolute atomic E-state index is 0.00279. The summed E-state index contributed by atoms with van der Waals surface area (Å²) < 4.78 is 46.5. The number of aromatic nitrogens is 2. The maximum absolute atomic E-state index is 13.9. The van der Waals surface area contributed by atoms with Crippen LogP contribution in [0.25, 0.3) is 0 Å². The molecule has 1 N–H and O–H groups in total. The molecule has 134 valence electrons. The van der Waals surface area contributed by atoms with Gasteiger partial charge in [0.15, 0.2) is 0 Å². The zero-order valence-corrected chi connectivity index (χ0v) is 14.4. The van der Waals surface area contributed by atoms with Gasteiger partial charge < -0.3 is 9.72 Å². The molecule has 0 bridgehead atoms. The first-order chi connectivity index (χ1) is 12.6. The largest absolute Gasteiger partial charge is 0.368 e. The Labute approximate surface area is 152 Å². The van der Waals surface area contributed by atoms with E-state index >= 15 is 0 Å². The lowest BCUT2D eigenvalue weighted by molar-refractivity contribution is 0.0375. The van der Waals surface area contributed by atoms with Crippen LogP contribution in [0, 0.1) is 17.5 Å². The number of H-pyrrole nitrogens is 1. The number of imidazole rings is 1. The van der Waals surface area contributed by atoms with Crippen LogP contribution in [0.1, 0.15) is 23.1 Å². The molecule has 1 aromatic heterocycles. The van der Waals surface area contributed by atoms with Crippen molar-refractivity contribution in [2.24, 2.45) is 0 Å². The number of rotatable bonds is 5. The maximum atomic E-state index is 13.9. The summed E-state index contributed by atoms with van der Waals surface area (Å²) in [4.78, 5) is 8.10. The third kappa shape index (κ3) is 3.50. The Morgan fingerprint density at radius 1 is 1.08 bits per heavy atom. The van der Waals surface area contributed by atoms with Crippen LogP contribution < -0.4 is 0 Å². The van der Waals surface area contributed by atoms with Crippen molar-refractivity contribution in [2.45, 2.75) is 29.3 Å². The second-order valence-corrected chi connectivity index (χ2v) is 7.33. The van der Waals surface area contributed by atoms with E-state index in [1.807, 2.05) is 0 Å². The predicted molar refractivity (Wildman–Crippen MR) is 92.2 cm³/mol. The summed E-state index contributed by atoms with van der Waals surface area (Å²) >= 11 is 1.52. The summed E-state index contributed by atoms with van der Waals surface area (Å²) in [6, 6.07) is 7.99. The number of thioether (sulfide) groups is 1. The van der Waals surface area contributed by atoms with Crippen LogP contribution in [0.3, 0.4) is 0 Å². The van der Waals surface area contributed by atoms with E-state index in [4.69, 9.17) is 4.74 Å². The van der Waals surface area contributed by atoms with Crippen LogP contribution in [0.5, 0.6) is 0 Å². The second kappa shape index (κ2) is 7.17. The number of nitrogens with one attached hydrogen (secondary N) is 1. The fourth-order valence-electron chi connectivity index (χ4n) is 3.03. The monoisotopic (exact) mass is 376 g/mol. The molecule has 26 heavy (non-hydrogen) atoms. The molecule has 7 heteroatoms. The van der Waals surface area contributed by atoms with Crippen molar-refractivity contribution in [3.05, 3.63) is 83.2 Å². The highest BCUT2D eigenvalue weighted by Gasteiger charge is 2.35. The molecule has 0 unspecified atom stereocenters. The van der Waals surface area contributed by atoms with Gasteiger partial charge in [-0.3, -0.25) is 0 Å². The van der Waals surface area contributed by atoms with Crippen LogP contribution in [0.15, 0.2) is 53.7 Å². The highest BCUT2D eigenvalue weighted by Crippen LogP contribution is 2.47. The Kier molecular flexibility index (Phi) is 4.74. The van der Waals surface area contributed by atoms with E-state index in [1.165, 1.54) is 36.0 Å². The molecule has 2 atom stereocenters. The van der Waals surface area contributed by atoms with Gasteiger partial charge >= 0.3 is 0 Å². The summed E-state index contributed by atoms with van der Waals surface area (Å²) in [5, 5.41) is -0.0264. The summed E-state index contributed by atoms with van der Waals surface area (Å²) in [6.45, 7) is 0.00279. The lowest BCUT2D eigenvalue weighted by Crippen LogP contribution is -2.17. The fourth-order valence-corrected chi connectivity index (χ4v) is 4.45. The van der Waals surface area contributed by atoms with Crippen LogP contribution >= 0.6 is 11.8 Å². The normalized spacial score (nSPS) is 18.9. The van der Waals surface area contributed by atoms with Crippen molar-refractivity contribution in [1.82, 2.24) is 9.97 Å². The number of aromatic amines is 1. The minimum Gasteiger partial charge on any atom is -0.368 e. The average Bonchev–Trinajstić information content (AvgIpc) is 3.22. The Morgan fingerprint density at radius 2 is 1.88 bits per heavy atom. The first-order valence-corrected chi connectivity index (χ1v) is 8.98. The molecule has 2 heterocycles. The lowest BCUT2D eigenvalue weighted by Gasteiger charge is -2.20. The van der Waals surface area contributed by atoms with Crippen molar-refractivity contribution < 1.29 is 17.9 Å². The minimum atomic E-state index is -0.641. The summed E-state index contributed by atoms with van der Waals surface area (Å²) in [5.41, 5.74) is 1.15. The van der Waals surface area contributed by atoms with E-state index in [2.05, 4.69) is 9.97 Å². The smallest absolute Gasteiger partial charge is 0.131 e. The van der Waals surface area contributed by atoms with Crippen molar-refractivity contribution in [1.29, 1.82) is 0 Å². The van der Waals surface area contributed by atoms with Gasteiger partial charge in [-0.2, -0.15) is 0 Å². The summed E-state index contributed by atoms with van der Waals surface area (Å²) in [5.74, 6) is -0.771. The number of benzene rings is 2. The molecule has 4 rings (SSSR count). The van der Waals surface area contributed by atoms with Gasteiger partial charge in [-0.25, -0.2) is 18.2 Å². The standard InChI is InChI=1S/C19H15F3N2OS/c20-12-2-1-11(15(22)7-12)10-25-19-14-4-3-13(21)8-16(14)26-17(19)9-18-23-5-6-24-18/h1-8,17,19H,9-10H2,(H,23,24)/t17-,19-/m0/s1. The van der Waals surface area contributed by atoms with Crippen LogP contribution in [-0.2, 0) is 17.8 Å². The predicted octanol–water partition coefficient (Wildman–Crippen LogP) is 4.80. The molecular formula is C19H15F3N2OS. The van der Waals surface area contributed by atoms with E-state index in [9.17, 15) is 13.2 Å². The quantitative estimate of drug-likeness (QED) is 0.695. The first kappa shape index (κ1) is 17.2. The Morgan fingerprint density at radius 3 is 2.65 bits per heavy atom. The van der Waals surface area contributed by atoms with Gasteiger partial charge in [0.05, 0.1) is 12.7 Å². The van der Waals surface area contributed by atoms with Gasteiger partial charge in [0.25, 0.3) is 0 Å². The van der Waals surface area contributed by atoms with Crippen LogP contribution in [0.4, 0.5) is 13.2 Å². The van der Waals surface area contributed by atoms with Gasteiger partial charge in [0, 0.05) is 40.6 Å². The van der Waals surface area contributed by atoms with Crippen molar-refractivity contribution >= 4 is 11.8 Å². The number of hydrogen-bond donors (Lipinski definition) is 1. The fraction of sp³-hybridized carbons (Fsp3) is 0.211. The molecule has 0 aliphatic carbocycles. The molecule has 3 nitrogen and oxygen atoms in total. The number of hydrogen-bond acceptors (Lipinski definition) is 3. The number of halogens is 3. The van der Waals surface area contributed by atoms with Crippen molar-refractivity contribution in [3.63, 3.8) is 0 Å². The van der Waals surface area contributed by atoms with E-state index in [0.717, 1.165) is 22.3 Å². The maximum Gasteiger partial charge on any atom is 0.131 e. The van der Waals surface area contributed by atoms with E-state index in [0.29, 0.717) is 6.42 Å². The summed E-state index contributed by atoms with van der Waals surface area (Å²) in [6.07, 6.45) is 3.67. The first-order valence-electron chi connectivity index (χ1n) is 8.10. The lowest BCUT2D eigenvalue weighted by atomic mass is 10.0. The number of nitrogens with zero attached hydrogens (tertiary/aromatic N) is 1.